The van der Waals surface area contributed by atoms with Gasteiger partial charge in [-0.05, 0) is 23.6 Å². The van der Waals surface area contributed by atoms with Gasteiger partial charge < -0.3 is 15.0 Å². The number of aromatic nitrogens is 1. The van der Waals surface area contributed by atoms with Crippen LogP contribution in [0, 0.1) is 0 Å². The van der Waals surface area contributed by atoms with Crippen molar-refractivity contribution in [3.8, 4) is 0 Å². The summed E-state index contributed by atoms with van der Waals surface area (Å²) < 4.78 is 5.36. The van der Waals surface area contributed by atoms with Crippen LogP contribution in [0.15, 0.2) is 35.8 Å². The second-order valence-corrected chi connectivity index (χ2v) is 6.60. The van der Waals surface area contributed by atoms with Crippen LogP contribution in [0.25, 0.3) is 0 Å². The Morgan fingerprint density at radius 3 is 3.00 bits per heavy atom. The van der Waals surface area contributed by atoms with Crippen LogP contribution in [-0.4, -0.2) is 43.7 Å². The minimum Gasteiger partial charge on any atom is -0.378 e. The molecule has 122 valence electrons. The highest BCUT2D eigenvalue weighted by Gasteiger charge is 2.15. The lowest BCUT2D eigenvalue weighted by Gasteiger charge is -2.28. The van der Waals surface area contributed by atoms with Gasteiger partial charge >= 0.3 is 0 Å². The van der Waals surface area contributed by atoms with Crippen molar-refractivity contribution in [2.75, 3.05) is 37.7 Å². The number of hydrogen-bond donors (Lipinski definition) is 1. The molecule has 2 aromatic heterocycles. The summed E-state index contributed by atoms with van der Waals surface area (Å²) in [7, 11) is 0. The zero-order valence-corrected chi connectivity index (χ0v) is 14.0. The third-order valence-electron chi connectivity index (χ3n) is 3.95. The van der Waals surface area contributed by atoms with Crippen molar-refractivity contribution in [2.24, 2.45) is 0 Å². The first-order chi connectivity index (χ1) is 11.2. The molecule has 0 spiro atoms. The number of nitrogens with zero attached hydrogens (tertiary/aromatic N) is 2. The maximum atomic E-state index is 12.3. The van der Waals surface area contributed by atoms with Crippen molar-refractivity contribution < 1.29 is 9.53 Å². The smallest absolute Gasteiger partial charge is 0.269 e. The Balaban J connectivity index is 1.60. The molecular weight excluding hydrogens is 310 g/mol. The van der Waals surface area contributed by atoms with E-state index in [1.54, 1.807) is 17.5 Å². The van der Waals surface area contributed by atoms with E-state index >= 15 is 0 Å². The fraction of sp³-hybridized carbons (Fsp3) is 0.412. The molecule has 23 heavy (non-hydrogen) atoms. The number of pyridine rings is 1. The third kappa shape index (κ3) is 4.09. The van der Waals surface area contributed by atoms with Gasteiger partial charge in [-0.2, -0.15) is 0 Å². The van der Waals surface area contributed by atoms with Gasteiger partial charge in [-0.3, -0.25) is 9.78 Å². The lowest BCUT2D eigenvalue weighted by atomic mass is 10.1. The summed E-state index contributed by atoms with van der Waals surface area (Å²) in [4.78, 5) is 20.0. The van der Waals surface area contributed by atoms with Gasteiger partial charge in [0.2, 0.25) is 0 Å². The molecule has 3 rings (SSSR count). The van der Waals surface area contributed by atoms with Crippen LogP contribution in [0.3, 0.4) is 0 Å². The fourth-order valence-corrected chi connectivity index (χ4v) is 3.36. The van der Waals surface area contributed by atoms with E-state index in [9.17, 15) is 4.79 Å². The van der Waals surface area contributed by atoms with Crippen LogP contribution in [0.4, 0.5) is 5.69 Å². The molecule has 0 saturated carbocycles. The minimum atomic E-state index is -0.122. The highest BCUT2D eigenvalue weighted by atomic mass is 32.1. The predicted molar refractivity (Wildman–Crippen MR) is 92.3 cm³/mol. The van der Waals surface area contributed by atoms with E-state index in [1.165, 1.54) is 4.88 Å². The molecule has 3 heterocycles. The lowest BCUT2D eigenvalue weighted by Crippen LogP contribution is -2.36. The van der Waals surface area contributed by atoms with Gasteiger partial charge in [0.05, 0.1) is 13.2 Å². The van der Waals surface area contributed by atoms with Gasteiger partial charge in [0.15, 0.2) is 0 Å². The third-order valence-corrected chi connectivity index (χ3v) is 5.05. The molecular formula is C17H21N3O2S. The summed E-state index contributed by atoms with van der Waals surface area (Å²) in [6, 6.07) is 7.93. The predicted octanol–water partition coefficient (Wildman–Crippen LogP) is 2.51. The van der Waals surface area contributed by atoms with E-state index < -0.39 is 0 Å². The molecule has 1 aliphatic heterocycles. The Hall–Kier alpha value is -1.92. The van der Waals surface area contributed by atoms with Crippen LogP contribution < -0.4 is 10.2 Å². The number of hydrogen-bond acceptors (Lipinski definition) is 5. The van der Waals surface area contributed by atoms with Gasteiger partial charge in [0.25, 0.3) is 5.91 Å². The van der Waals surface area contributed by atoms with Crippen LogP contribution in [0.5, 0.6) is 0 Å². The summed E-state index contributed by atoms with van der Waals surface area (Å²) in [6.07, 6.45) is 1.70. The molecule has 2 aromatic rings. The van der Waals surface area contributed by atoms with E-state index in [1.807, 2.05) is 18.2 Å². The van der Waals surface area contributed by atoms with Crippen molar-refractivity contribution >= 4 is 22.9 Å². The Labute approximate surface area is 140 Å². The second-order valence-electron chi connectivity index (χ2n) is 5.63. The number of amides is 1. The first-order valence-corrected chi connectivity index (χ1v) is 8.72. The molecule has 1 N–H and O–H groups in total. The van der Waals surface area contributed by atoms with Gasteiger partial charge in [-0.25, -0.2) is 0 Å². The molecule has 0 bridgehead atoms. The minimum absolute atomic E-state index is 0.122. The van der Waals surface area contributed by atoms with E-state index in [4.69, 9.17) is 4.74 Å². The molecule has 1 aliphatic rings. The summed E-state index contributed by atoms with van der Waals surface area (Å²) >= 11 is 1.71. The highest BCUT2D eigenvalue weighted by Crippen LogP contribution is 2.20. The molecule has 0 aliphatic carbocycles. The fourth-order valence-electron chi connectivity index (χ4n) is 2.57. The number of rotatable bonds is 5. The SMILES string of the molecule is C[C@@H](CNC(=O)c1cc(N2CCOCC2)ccn1)c1cccs1. The van der Waals surface area contributed by atoms with Gasteiger partial charge in [0, 0.05) is 42.3 Å². The standard InChI is InChI=1S/C17H21N3O2S/c1-13(16-3-2-10-23-16)12-19-17(21)15-11-14(4-5-18-15)20-6-8-22-9-7-20/h2-5,10-11,13H,6-9,12H2,1H3,(H,19,21)/t13-/m0/s1. The number of ether oxygens (including phenoxy) is 1. The summed E-state index contributed by atoms with van der Waals surface area (Å²) in [5.41, 5.74) is 1.49. The Kier molecular flexibility index (Phi) is 5.25. The zero-order chi connectivity index (χ0) is 16.1. The van der Waals surface area contributed by atoms with Crippen LogP contribution >= 0.6 is 11.3 Å². The molecule has 0 unspecified atom stereocenters. The molecule has 0 aromatic carbocycles. The van der Waals surface area contributed by atoms with E-state index in [0.717, 1.165) is 32.0 Å². The average Bonchev–Trinajstić information content (AvgIpc) is 3.15. The lowest BCUT2D eigenvalue weighted by molar-refractivity contribution is 0.0947. The van der Waals surface area contributed by atoms with Crippen molar-refractivity contribution in [3.05, 3.63) is 46.4 Å². The topological polar surface area (TPSA) is 54.5 Å². The molecule has 1 fully saturated rings. The number of morpholine rings is 1. The zero-order valence-electron chi connectivity index (χ0n) is 13.2. The monoisotopic (exact) mass is 331 g/mol. The van der Waals surface area contributed by atoms with Crippen LogP contribution in [-0.2, 0) is 4.74 Å². The number of carbonyl (C=O) groups is 1. The van der Waals surface area contributed by atoms with Gasteiger partial charge in [0.1, 0.15) is 5.69 Å². The van der Waals surface area contributed by atoms with E-state index in [2.05, 4.69) is 33.6 Å². The van der Waals surface area contributed by atoms with Crippen LogP contribution in [0.2, 0.25) is 0 Å². The number of carbonyl (C=O) groups excluding carboxylic acids is 1. The first-order valence-electron chi connectivity index (χ1n) is 7.84. The number of nitrogens with one attached hydrogen (secondary N) is 1. The Morgan fingerprint density at radius 1 is 1.43 bits per heavy atom. The van der Waals surface area contributed by atoms with Crippen molar-refractivity contribution in [2.45, 2.75) is 12.8 Å². The Bertz CT molecular complexity index is 639. The van der Waals surface area contributed by atoms with Crippen molar-refractivity contribution in [3.63, 3.8) is 0 Å². The maximum absolute atomic E-state index is 12.3. The summed E-state index contributed by atoms with van der Waals surface area (Å²) in [5.74, 6) is 0.185. The molecule has 5 nitrogen and oxygen atoms in total. The first kappa shape index (κ1) is 16.0. The quantitative estimate of drug-likeness (QED) is 0.915. The van der Waals surface area contributed by atoms with E-state index in [0.29, 0.717) is 18.2 Å². The molecule has 1 saturated heterocycles. The maximum Gasteiger partial charge on any atom is 0.269 e. The normalized spacial score (nSPS) is 16.1. The Morgan fingerprint density at radius 2 is 2.26 bits per heavy atom. The largest absolute Gasteiger partial charge is 0.378 e. The molecule has 1 amide bonds. The van der Waals surface area contributed by atoms with E-state index in [-0.39, 0.29) is 5.91 Å². The van der Waals surface area contributed by atoms with Crippen LogP contribution in [0.1, 0.15) is 28.2 Å². The average molecular weight is 331 g/mol. The van der Waals surface area contributed by atoms with Gasteiger partial charge in [-0.1, -0.05) is 13.0 Å². The molecule has 1 atom stereocenters. The molecule has 0 radical (unpaired) electrons. The highest BCUT2D eigenvalue weighted by molar-refractivity contribution is 7.10. The second kappa shape index (κ2) is 7.57. The number of anilines is 1. The number of thiophene rings is 1. The molecule has 6 heteroatoms. The van der Waals surface area contributed by atoms with Crippen molar-refractivity contribution in [1.82, 2.24) is 10.3 Å². The van der Waals surface area contributed by atoms with Crippen molar-refractivity contribution in [1.29, 1.82) is 0 Å². The van der Waals surface area contributed by atoms with Gasteiger partial charge in [-0.15, -0.1) is 11.3 Å². The summed E-state index contributed by atoms with van der Waals surface area (Å²) in [5, 5.41) is 5.04. The summed E-state index contributed by atoms with van der Waals surface area (Å²) in [6.45, 7) is 5.87.